The molecule has 4 rings (SSSR count). The van der Waals surface area contributed by atoms with Crippen LogP contribution in [0.5, 0.6) is 5.75 Å². The quantitative estimate of drug-likeness (QED) is 0.187. The Hall–Kier alpha value is -3.04. The van der Waals surface area contributed by atoms with Gasteiger partial charge in [-0.2, -0.15) is 0 Å². The number of halogens is 1. The van der Waals surface area contributed by atoms with Crippen molar-refractivity contribution in [3.8, 4) is 5.75 Å². The zero-order valence-corrected chi connectivity index (χ0v) is 21.9. The van der Waals surface area contributed by atoms with E-state index in [2.05, 4.69) is 22.0 Å². The highest BCUT2D eigenvalue weighted by atomic mass is 35.5. The molecule has 37 heavy (non-hydrogen) atoms. The molecule has 0 fully saturated rings. The van der Waals surface area contributed by atoms with Crippen LogP contribution in [0.4, 0.5) is 11.4 Å². The lowest BCUT2D eigenvalue weighted by atomic mass is 9.95. The number of fused-ring (bicyclic) bond motifs is 3. The van der Waals surface area contributed by atoms with Crippen LogP contribution >= 0.6 is 11.6 Å². The number of nitrogens with two attached hydrogens (primary N) is 1. The van der Waals surface area contributed by atoms with Crippen LogP contribution in [0.2, 0.25) is 0 Å². The number of amides is 1. The number of nitrogens with one attached hydrogen (secondary N) is 3. The molecule has 0 saturated carbocycles. The minimum Gasteiger partial charge on any atom is -0.475 e. The van der Waals surface area contributed by atoms with Gasteiger partial charge in [-0.3, -0.25) is 4.79 Å². The Balaban J connectivity index is 1.53. The van der Waals surface area contributed by atoms with Crippen LogP contribution in [0.25, 0.3) is 10.8 Å². The first-order valence-electron chi connectivity index (χ1n) is 12.6. The van der Waals surface area contributed by atoms with Crippen LogP contribution in [0, 0.1) is 0 Å². The minimum atomic E-state index is -0.842. The number of alkyl halides is 1. The van der Waals surface area contributed by atoms with Gasteiger partial charge in [-0.25, -0.2) is 0 Å². The van der Waals surface area contributed by atoms with E-state index in [1.165, 1.54) is 5.56 Å². The molecule has 3 aromatic carbocycles. The van der Waals surface area contributed by atoms with Crippen LogP contribution < -0.4 is 26.4 Å². The molecular formula is C28H35ClN4O4. The third kappa shape index (κ3) is 6.64. The van der Waals surface area contributed by atoms with E-state index in [0.29, 0.717) is 51.1 Å². The van der Waals surface area contributed by atoms with Crippen molar-refractivity contribution in [2.75, 3.05) is 69.6 Å². The van der Waals surface area contributed by atoms with Crippen molar-refractivity contribution < 1.29 is 19.0 Å². The maximum atomic E-state index is 13.4. The summed E-state index contributed by atoms with van der Waals surface area (Å²) in [5, 5.41) is 11.5. The van der Waals surface area contributed by atoms with E-state index >= 15 is 0 Å². The molecule has 0 saturated heterocycles. The van der Waals surface area contributed by atoms with Crippen molar-refractivity contribution in [3.05, 3.63) is 65.7 Å². The second-order valence-corrected chi connectivity index (χ2v) is 9.10. The number of hydrogen-bond acceptors (Lipinski definition) is 7. The van der Waals surface area contributed by atoms with Gasteiger partial charge < -0.3 is 35.9 Å². The Morgan fingerprint density at radius 2 is 1.81 bits per heavy atom. The fourth-order valence-corrected chi connectivity index (χ4v) is 4.75. The molecule has 0 radical (unpaired) electrons. The highest BCUT2D eigenvalue weighted by Gasteiger charge is 2.28. The standard InChI is InChI=1S/C28H35ClN4O4/c1-31-21-8-6-19(7-9-21)27(28(34)32-11-13-36-15-14-35-12-10-30)37-25-16-24-26(20(17-29)18-33-24)23-5-3-2-4-22(23)25/h2-9,16,20,27,31,33H,10-15,17-18,30H2,1H3,(H,32,34)/t20-,27?/m1/s1. The van der Waals surface area contributed by atoms with E-state index in [1.807, 2.05) is 55.6 Å². The monoisotopic (exact) mass is 526 g/mol. The fourth-order valence-electron chi connectivity index (χ4n) is 4.48. The van der Waals surface area contributed by atoms with Crippen LogP contribution in [-0.2, 0) is 14.3 Å². The zero-order chi connectivity index (χ0) is 26.0. The first-order chi connectivity index (χ1) is 18.2. The summed E-state index contributed by atoms with van der Waals surface area (Å²) in [6, 6.07) is 17.7. The Kier molecular flexibility index (Phi) is 9.85. The van der Waals surface area contributed by atoms with Gasteiger partial charge >= 0.3 is 0 Å². The molecule has 8 nitrogen and oxygen atoms in total. The second-order valence-electron chi connectivity index (χ2n) is 8.79. The molecule has 0 aromatic heterocycles. The third-order valence-corrected chi connectivity index (χ3v) is 6.72. The van der Waals surface area contributed by atoms with Crippen LogP contribution in [-0.4, -0.2) is 64.9 Å². The highest BCUT2D eigenvalue weighted by Crippen LogP contribution is 2.43. The lowest BCUT2D eigenvalue weighted by Crippen LogP contribution is -2.34. The van der Waals surface area contributed by atoms with E-state index in [1.54, 1.807) is 0 Å². The second kappa shape index (κ2) is 13.5. The number of ether oxygens (including phenoxy) is 3. The number of benzene rings is 3. The maximum Gasteiger partial charge on any atom is 0.265 e. The molecule has 1 amide bonds. The molecule has 0 bridgehead atoms. The summed E-state index contributed by atoms with van der Waals surface area (Å²) >= 11 is 6.26. The average molecular weight is 527 g/mol. The van der Waals surface area contributed by atoms with Crippen molar-refractivity contribution in [1.29, 1.82) is 0 Å². The average Bonchev–Trinajstić information content (AvgIpc) is 3.36. The van der Waals surface area contributed by atoms with Crippen molar-refractivity contribution in [1.82, 2.24) is 5.32 Å². The van der Waals surface area contributed by atoms with Crippen molar-refractivity contribution in [2.24, 2.45) is 5.73 Å². The van der Waals surface area contributed by atoms with Gasteiger partial charge in [0.1, 0.15) is 5.75 Å². The number of rotatable bonds is 14. The topological polar surface area (TPSA) is 107 Å². The van der Waals surface area contributed by atoms with E-state index in [4.69, 9.17) is 31.5 Å². The molecule has 2 atom stereocenters. The van der Waals surface area contributed by atoms with Gasteiger partial charge in [0.15, 0.2) is 0 Å². The van der Waals surface area contributed by atoms with E-state index in [0.717, 1.165) is 34.3 Å². The van der Waals surface area contributed by atoms with Gasteiger partial charge in [0.05, 0.1) is 26.4 Å². The fraction of sp³-hybridized carbons (Fsp3) is 0.393. The molecule has 198 valence electrons. The molecule has 5 N–H and O–H groups in total. The van der Waals surface area contributed by atoms with E-state index in [-0.39, 0.29) is 11.8 Å². The first-order valence-corrected chi connectivity index (χ1v) is 13.1. The van der Waals surface area contributed by atoms with Gasteiger partial charge in [-0.05, 0) is 23.1 Å². The van der Waals surface area contributed by atoms with Crippen molar-refractivity contribution >= 4 is 39.7 Å². The van der Waals surface area contributed by atoms with Gasteiger partial charge in [-0.1, -0.05) is 36.4 Å². The van der Waals surface area contributed by atoms with E-state index in [9.17, 15) is 4.79 Å². The summed E-state index contributed by atoms with van der Waals surface area (Å²) in [7, 11) is 1.86. The summed E-state index contributed by atoms with van der Waals surface area (Å²) in [5.74, 6) is 1.16. The smallest absolute Gasteiger partial charge is 0.265 e. The number of carbonyl (C=O) groups is 1. The summed E-state index contributed by atoms with van der Waals surface area (Å²) in [4.78, 5) is 13.4. The Morgan fingerprint density at radius 1 is 1.08 bits per heavy atom. The Labute approximate surface area is 222 Å². The van der Waals surface area contributed by atoms with Gasteiger partial charge in [0.25, 0.3) is 5.91 Å². The SMILES string of the molecule is CNc1ccc(C(Oc2cc3c(c4ccccc24)[C@H](CCl)CN3)C(=O)NCCOCCOCCN)cc1. The normalized spacial score (nSPS) is 15.2. The molecule has 0 aliphatic carbocycles. The molecule has 1 aliphatic rings. The van der Waals surface area contributed by atoms with Crippen molar-refractivity contribution in [3.63, 3.8) is 0 Å². The maximum absolute atomic E-state index is 13.4. The Bertz CT molecular complexity index is 1170. The molecule has 9 heteroatoms. The van der Waals surface area contributed by atoms with Gasteiger partial charge in [-0.15, -0.1) is 11.6 Å². The molecule has 0 spiro atoms. The third-order valence-electron chi connectivity index (χ3n) is 6.35. The zero-order valence-electron chi connectivity index (χ0n) is 21.1. The molecule has 1 heterocycles. The van der Waals surface area contributed by atoms with E-state index < -0.39 is 6.10 Å². The lowest BCUT2D eigenvalue weighted by molar-refractivity contribution is -0.128. The largest absolute Gasteiger partial charge is 0.475 e. The number of hydrogen-bond donors (Lipinski definition) is 4. The van der Waals surface area contributed by atoms with Gasteiger partial charge in [0, 0.05) is 66.9 Å². The highest BCUT2D eigenvalue weighted by molar-refractivity contribution is 6.18. The van der Waals surface area contributed by atoms with Gasteiger partial charge in [0.2, 0.25) is 6.10 Å². The number of anilines is 2. The summed E-state index contributed by atoms with van der Waals surface area (Å²) < 4.78 is 17.3. The summed E-state index contributed by atoms with van der Waals surface area (Å²) in [6.07, 6.45) is -0.842. The molecule has 1 unspecified atom stereocenters. The minimum absolute atomic E-state index is 0.226. The Morgan fingerprint density at radius 3 is 2.51 bits per heavy atom. The predicted octanol–water partition coefficient (Wildman–Crippen LogP) is 3.86. The summed E-state index contributed by atoms with van der Waals surface area (Å²) in [6.45, 7) is 3.40. The summed E-state index contributed by atoms with van der Waals surface area (Å²) in [5.41, 5.74) is 9.30. The predicted molar refractivity (Wildman–Crippen MR) is 149 cm³/mol. The molecule has 1 aliphatic heterocycles. The van der Waals surface area contributed by atoms with Crippen LogP contribution in [0.1, 0.15) is 23.1 Å². The molecular weight excluding hydrogens is 492 g/mol. The molecule has 3 aromatic rings. The first kappa shape index (κ1) is 27.0. The van der Waals surface area contributed by atoms with Crippen LogP contribution in [0.15, 0.2) is 54.6 Å². The lowest BCUT2D eigenvalue weighted by Gasteiger charge is -2.22. The van der Waals surface area contributed by atoms with Crippen molar-refractivity contribution in [2.45, 2.75) is 12.0 Å². The number of carbonyl (C=O) groups excluding carboxylic acids is 1. The van der Waals surface area contributed by atoms with Crippen LogP contribution in [0.3, 0.4) is 0 Å².